The number of alkyl halides is 3. The Morgan fingerprint density at radius 3 is 2.50 bits per heavy atom. The number of benzene rings is 1. The summed E-state index contributed by atoms with van der Waals surface area (Å²) < 4.78 is 39.7. The first-order valence-electron chi connectivity index (χ1n) is 9.48. The highest BCUT2D eigenvalue weighted by Crippen LogP contribution is 2.48. The van der Waals surface area contributed by atoms with Crippen molar-refractivity contribution >= 4 is 5.91 Å². The zero-order valence-corrected chi connectivity index (χ0v) is 15.2. The Morgan fingerprint density at radius 2 is 1.93 bits per heavy atom. The molecule has 2 heterocycles. The number of nitrogens with one attached hydrogen (secondary N) is 2. The number of carbonyl (C=O) groups is 1. The van der Waals surface area contributed by atoms with Crippen LogP contribution in [0.1, 0.15) is 48.0 Å². The number of rotatable bonds is 5. The van der Waals surface area contributed by atoms with Crippen LogP contribution in [0.3, 0.4) is 0 Å². The maximum atomic E-state index is 13.4. The quantitative estimate of drug-likeness (QED) is 0.823. The van der Waals surface area contributed by atoms with Gasteiger partial charge in [-0.25, -0.2) is 13.2 Å². The molecule has 2 N–H and O–H groups in total. The highest BCUT2D eigenvalue weighted by molar-refractivity contribution is 5.83. The molecule has 148 valence electrons. The number of nitrogens with zero attached hydrogens (tertiary/aromatic N) is 1. The molecule has 1 saturated heterocycles. The molecule has 1 amide bonds. The van der Waals surface area contributed by atoms with Gasteiger partial charge in [-0.15, -0.1) is 0 Å². The van der Waals surface area contributed by atoms with Crippen molar-refractivity contribution in [2.24, 2.45) is 0 Å². The molecule has 4 rings (SSSR count). The number of amides is 1. The van der Waals surface area contributed by atoms with E-state index in [4.69, 9.17) is 0 Å². The van der Waals surface area contributed by atoms with E-state index in [0.717, 1.165) is 11.1 Å². The number of carbonyl (C=O) groups excluding carboxylic acids is 1. The predicted molar refractivity (Wildman–Crippen MR) is 98.9 cm³/mol. The van der Waals surface area contributed by atoms with Gasteiger partial charge in [0, 0.05) is 32.0 Å². The van der Waals surface area contributed by atoms with E-state index in [1.807, 2.05) is 30.3 Å². The first kappa shape index (κ1) is 18.9. The summed E-state index contributed by atoms with van der Waals surface area (Å²) in [5.74, 6) is -3.03. The van der Waals surface area contributed by atoms with Crippen molar-refractivity contribution in [3.05, 3.63) is 65.5 Å². The van der Waals surface area contributed by atoms with Crippen molar-refractivity contribution < 1.29 is 18.0 Å². The monoisotopic (exact) mass is 389 g/mol. The van der Waals surface area contributed by atoms with E-state index < -0.39 is 24.2 Å². The Kier molecular flexibility index (Phi) is 5.10. The molecule has 2 aromatic rings. The minimum atomic E-state index is -2.58. The molecule has 2 unspecified atom stereocenters. The molecule has 1 saturated carbocycles. The van der Waals surface area contributed by atoms with Crippen LogP contribution in [0, 0.1) is 0 Å². The van der Waals surface area contributed by atoms with E-state index in [-0.39, 0.29) is 37.6 Å². The van der Waals surface area contributed by atoms with Gasteiger partial charge in [0.15, 0.2) is 0 Å². The second-order valence-electron chi connectivity index (χ2n) is 7.62. The van der Waals surface area contributed by atoms with Crippen molar-refractivity contribution in [3.63, 3.8) is 0 Å². The maximum absolute atomic E-state index is 13.4. The Labute approximate surface area is 161 Å². The van der Waals surface area contributed by atoms with E-state index in [9.17, 15) is 18.0 Å². The molecule has 7 heteroatoms. The fraction of sp³-hybridized carbons (Fsp3) is 0.429. The number of hydrogen-bond acceptors (Lipinski definition) is 3. The van der Waals surface area contributed by atoms with Gasteiger partial charge in [0.05, 0.1) is 17.8 Å². The van der Waals surface area contributed by atoms with Gasteiger partial charge in [-0.1, -0.05) is 36.4 Å². The van der Waals surface area contributed by atoms with Gasteiger partial charge in [-0.05, 0) is 23.1 Å². The van der Waals surface area contributed by atoms with Crippen LogP contribution in [-0.2, 0) is 4.79 Å². The lowest BCUT2D eigenvalue weighted by atomic mass is 9.77. The minimum absolute atomic E-state index is 0.148. The van der Waals surface area contributed by atoms with Crippen LogP contribution in [0.25, 0.3) is 0 Å². The van der Waals surface area contributed by atoms with Gasteiger partial charge < -0.3 is 10.6 Å². The number of hydrogen-bond donors (Lipinski definition) is 2. The van der Waals surface area contributed by atoms with Gasteiger partial charge in [0.1, 0.15) is 6.17 Å². The van der Waals surface area contributed by atoms with Crippen LogP contribution in [-0.4, -0.2) is 35.6 Å². The first-order valence-corrected chi connectivity index (χ1v) is 9.48. The Morgan fingerprint density at radius 1 is 1.18 bits per heavy atom. The third kappa shape index (κ3) is 4.04. The van der Waals surface area contributed by atoms with Crippen molar-refractivity contribution in [1.29, 1.82) is 0 Å². The zero-order chi connectivity index (χ0) is 19.7. The first-order chi connectivity index (χ1) is 13.4. The third-order valence-electron chi connectivity index (χ3n) is 5.48. The van der Waals surface area contributed by atoms with Crippen molar-refractivity contribution in [2.75, 3.05) is 6.54 Å². The standard InChI is InChI=1S/C21H22F3N3O/c22-16-8-18(26-12-16)20(28)27-19(13-4-2-1-3-5-13)17-7-6-14(11-25-17)15-9-21(23,24)10-15/h1-7,11,15-16,18-19,26H,8-10,12H2,(H,27,28)/t16?,18-,19?/m1/s1. The molecule has 1 aliphatic carbocycles. The predicted octanol–water partition coefficient (Wildman–Crippen LogP) is 3.50. The molecule has 0 bridgehead atoms. The summed E-state index contributed by atoms with van der Waals surface area (Å²) in [4.78, 5) is 17.0. The van der Waals surface area contributed by atoms with E-state index in [2.05, 4.69) is 15.6 Å². The number of pyridine rings is 1. The summed E-state index contributed by atoms with van der Waals surface area (Å²) >= 11 is 0. The minimum Gasteiger partial charge on any atom is -0.342 e. The van der Waals surface area contributed by atoms with Crippen molar-refractivity contribution in [2.45, 2.75) is 49.4 Å². The second kappa shape index (κ2) is 7.54. The summed E-state index contributed by atoms with van der Waals surface area (Å²) in [5.41, 5.74) is 2.25. The van der Waals surface area contributed by atoms with Crippen LogP contribution < -0.4 is 10.6 Å². The highest BCUT2D eigenvalue weighted by atomic mass is 19.3. The fourth-order valence-electron chi connectivity index (χ4n) is 3.83. The van der Waals surface area contributed by atoms with Crippen LogP contribution >= 0.6 is 0 Å². The van der Waals surface area contributed by atoms with Gasteiger partial charge in [0.25, 0.3) is 0 Å². The third-order valence-corrected chi connectivity index (χ3v) is 5.48. The Hall–Kier alpha value is -2.41. The van der Waals surface area contributed by atoms with Gasteiger partial charge in [-0.3, -0.25) is 9.78 Å². The SMILES string of the molecule is O=C(NC(c1ccccc1)c1ccc(C2CC(F)(F)C2)cn1)[C@H]1CC(F)CN1. The molecule has 2 fully saturated rings. The number of aromatic nitrogens is 1. The topological polar surface area (TPSA) is 54.0 Å². The molecule has 0 spiro atoms. The molecule has 1 aromatic carbocycles. The summed E-state index contributed by atoms with van der Waals surface area (Å²) in [6.45, 7) is 0.174. The van der Waals surface area contributed by atoms with E-state index in [1.165, 1.54) is 0 Å². The van der Waals surface area contributed by atoms with Crippen LogP contribution in [0.5, 0.6) is 0 Å². The summed E-state index contributed by atoms with van der Waals surface area (Å²) in [7, 11) is 0. The van der Waals surface area contributed by atoms with Crippen LogP contribution in [0.15, 0.2) is 48.7 Å². The molecule has 4 nitrogen and oxygen atoms in total. The summed E-state index contributed by atoms with van der Waals surface area (Å²) in [6.07, 6.45) is 0.442. The second-order valence-corrected chi connectivity index (χ2v) is 7.62. The molecule has 0 radical (unpaired) electrons. The van der Waals surface area contributed by atoms with Crippen molar-refractivity contribution in [1.82, 2.24) is 15.6 Å². The van der Waals surface area contributed by atoms with Crippen LogP contribution in [0.2, 0.25) is 0 Å². The lowest BCUT2D eigenvalue weighted by molar-refractivity contribution is -0.123. The fourth-order valence-corrected chi connectivity index (χ4v) is 3.83. The molecule has 3 atom stereocenters. The molecule has 28 heavy (non-hydrogen) atoms. The van der Waals surface area contributed by atoms with Gasteiger partial charge >= 0.3 is 0 Å². The van der Waals surface area contributed by atoms with Crippen molar-refractivity contribution in [3.8, 4) is 0 Å². The molecular formula is C21H22F3N3O. The normalized spacial score (nSPS) is 25.1. The molecule has 2 aliphatic rings. The lowest BCUT2D eigenvalue weighted by Crippen LogP contribution is -2.42. The molecule has 1 aliphatic heterocycles. The van der Waals surface area contributed by atoms with Gasteiger partial charge in [0.2, 0.25) is 11.8 Å². The smallest absolute Gasteiger partial charge is 0.249 e. The Bertz CT molecular complexity index is 821. The average molecular weight is 389 g/mol. The lowest BCUT2D eigenvalue weighted by Gasteiger charge is -2.35. The zero-order valence-electron chi connectivity index (χ0n) is 15.2. The number of halogens is 3. The maximum Gasteiger partial charge on any atom is 0.249 e. The van der Waals surface area contributed by atoms with E-state index in [1.54, 1.807) is 18.3 Å². The molecular weight excluding hydrogens is 367 g/mol. The van der Waals surface area contributed by atoms with Gasteiger partial charge in [-0.2, -0.15) is 0 Å². The van der Waals surface area contributed by atoms with Crippen LogP contribution in [0.4, 0.5) is 13.2 Å². The van der Waals surface area contributed by atoms with E-state index in [0.29, 0.717) is 5.69 Å². The average Bonchev–Trinajstić information content (AvgIpc) is 3.11. The highest BCUT2D eigenvalue weighted by Gasteiger charge is 2.45. The van der Waals surface area contributed by atoms with E-state index >= 15 is 0 Å². The molecule has 1 aromatic heterocycles. The summed E-state index contributed by atoms with van der Waals surface area (Å²) in [5, 5.41) is 5.83. The Balaban J connectivity index is 1.53. The summed E-state index contributed by atoms with van der Waals surface area (Å²) in [6, 6.07) is 11.9. The largest absolute Gasteiger partial charge is 0.342 e.